The molecule has 0 radical (unpaired) electrons. The molecule has 3 aromatic carbocycles. The fourth-order valence-corrected chi connectivity index (χ4v) is 6.16. The van der Waals surface area contributed by atoms with E-state index in [4.69, 9.17) is 4.74 Å². The van der Waals surface area contributed by atoms with E-state index < -0.39 is 46.0 Å². The number of carboxylic acids is 1. The normalized spacial score (nSPS) is 15.4. The number of hydrogen-bond donors (Lipinski definition) is 3. The van der Waals surface area contributed by atoms with Gasteiger partial charge in [-0.05, 0) is 41.0 Å². The highest BCUT2D eigenvalue weighted by Crippen LogP contribution is 2.28. The van der Waals surface area contributed by atoms with Crippen molar-refractivity contribution in [3.63, 3.8) is 0 Å². The highest BCUT2D eigenvalue weighted by atomic mass is 32.2. The van der Waals surface area contributed by atoms with E-state index in [9.17, 15) is 32.7 Å². The number of amides is 3. The van der Waals surface area contributed by atoms with Crippen molar-refractivity contribution in [3.05, 3.63) is 95.6 Å². The number of hydrogen-bond acceptors (Lipinski definition) is 7. The third-order valence-electron chi connectivity index (χ3n) is 6.85. The first kappa shape index (κ1) is 31.0. The van der Waals surface area contributed by atoms with Crippen LogP contribution in [0.5, 0.6) is 5.75 Å². The monoisotopic (exact) mass is 608 g/mol. The Morgan fingerprint density at radius 1 is 0.860 bits per heavy atom. The summed E-state index contributed by atoms with van der Waals surface area (Å²) in [5, 5.41) is 14.9. The number of methoxy groups -OCH3 is 1. The van der Waals surface area contributed by atoms with Gasteiger partial charge in [0.05, 0.1) is 19.3 Å². The average Bonchev–Trinajstić information content (AvgIpc) is 3.20. The molecular weight excluding hydrogens is 576 g/mol. The molecule has 0 bridgehead atoms. The lowest BCUT2D eigenvalue weighted by Crippen LogP contribution is -2.52. The standard InChI is InChI=1S/C30H32N4O8S/c1-20(35)31-26(16-21-6-4-3-5-7-21)29(37)32-27(30(38)39)17-22-8-12-24(13-9-22)33-19-28(36)34(43(33,40)41)18-23-10-14-25(42-2)15-11-23/h3-15,26-27H,16-19H2,1-2H3,(H,31,35)(H,32,37)(H,38,39). The molecule has 0 saturated carbocycles. The van der Waals surface area contributed by atoms with Crippen molar-refractivity contribution >= 4 is 39.6 Å². The number of anilines is 1. The number of nitrogens with zero attached hydrogens (tertiary/aromatic N) is 2. The van der Waals surface area contributed by atoms with E-state index in [0.29, 0.717) is 16.9 Å². The number of carbonyl (C=O) groups excluding carboxylic acids is 3. The Labute approximate surface area is 249 Å². The molecule has 0 aromatic heterocycles. The molecule has 43 heavy (non-hydrogen) atoms. The quantitative estimate of drug-likeness (QED) is 0.280. The minimum atomic E-state index is -4.15. The number of aliphatic carboxylic acids is 1. The predicted molar refractivity (Wildman–Crippen MR) is 157 cm³/mol. The lowest BCUT2D eigenvalue weighted by molar-refractivity contribution is -0.142. The van der Waals surface area contributed by atoms with Crippen molar-refractivity contribution in [2.45, 2.75) is 38.4 Å². The number of nitrogens with one attached hydrogen (secondary N) is 2. The third kappa shape index (κ3) is 7.68. The molecule has 226 valence electrons. The van der Waals surface area contributed by atoms with Crippen LogP contribution in [0.2, 0.25) is 0 Å². The van der Waals surface area contributed by atoms with Crippen LogP contribution in [-0.4, -0.2) is 67.3 Å². The Bertz CT molecular complexity index is 1580. The fraction of sp³-hybridized carbons (Fsp3) is 0.267. The fourth-order valence-electron chi connectivity index (χ4n) is 4.63. The minimum absolute atomic E-state index is 0.102. The van der Waals surface area contributed by atoms with Gasteiger partial charge in [0.2, 0.25) is 11.8 Å². The van der Waals surface area contributed by atoms with Crippen LogP contribution < -0.4 is 19.7 Å². The van der Waals surface area contributed by atoms with Crippen molar-refractivity contribution in [2.24, 2.45) is 0 Å². The molecule has 2 unspecified atom stereocenters. The molecular formula is C30H32N4O8S. The van der Waals surface area contributed by atoms with E-state index >= 15 is 0 Å². The maximum Gasteiger partial charge on any atom is 0.329 e. The van der Waals surface area contributed by atoms with Crippen LogP contribution >= 0.6 is 0 Å². The maximum absolute atomic E-state index is 13.2. The Kier molecular flexibility index (Phi) is 9.66. The van der Waals surface area contributed by atoms with Gasteiger partial charge in [0.1, 0.15) is 24.4 Å². The summed E-state index contributed by atoms with van der Waals surface area (Å²) in [7, 11) is -2.64. The SMILES string of the molecule is COc1ccc(CN2C(=O)CN(c3ccc(CC(NC(=O)C(Cc4ccccc4)NC(C)=O)C(=O)O)cc3)S2(=O)=O)cc1. The molecule has 1 aliphatic heterocycles. The van der Waals surface area contributed by atoms with Crippen molar-refractivity contribution < 1.29 is 37.4 Å². The van der Waals surface area contributed by atoms with Gasteiger partial charge in [-0.25, -0.2) is 13.4 Å². The van der Waals surface area contributed by atoms with Gasteiger partial charge < -0.3 is 20.5 Å². The van der Waals surface area contributed by atoms with E-state index in [1.54, 1.807) is 60.7 Å². The van der Waals surface area contributed by atoms with Crippen LogP contribution in [0.4, 0.5) is 5.69 Å². The highest BCUT2D eigenvalue weighted by Gasteiger charge is 2.42. The molecule has 0 aliphatic carbocycles. The zero-order valence-electron chi connectivity index (χ0n) is 23.6. The molecule has 1 saturated heterocycles. The Hall–Kier alpha value is -4.91. The molecule has 12 nitrogen and oxygen atoms in total. The van der Waals surface area contributed by atoms with Gasteiger partial charge in [-0.1, -0.05) is 54.6 Å². The zero-order chi connectivity index (χ0) is 31.1. The number of carboxylic acid groups (broad SMARTS) is 1. The van der Waals surface area contributed by atoms with Crippen molar-refractivity contribution in [1.29, 1.82) is 0 Å². The lowest BCUT2D eigenvalue weighted by atomic mass is 10.0. The van der Waals surface area contributed by atoms with Crippen LogP contribution in [0.25, 0.3) is 0 Å². The van der Waals surface area contributed by atoms with Gasteiger partial charge in [0.15, 0.2) is 0 Å². The second kappa shape index (κ2) is 13.4. The lowest BCUT2D eigenvalue weighted by Gasteiger charge is -2.22. The van der Waals surface area contributed by atoms with Crippen molar-refractivity contribution in [3.8, 4) is 5.75 Å². The molecule has 3 N–H and O–H groups in total. The number of carbonyl (C=O) groups is 4. The van der Waals surface area contributed by atoms with Crippen LogP contribution in [-0.2, 0) is 48.8 Å². The van der Waals surface area contributed by atoms with Gasteiger partial charge >= 0.3 is 16.2 Å². The summed E-state index contributed by atoms with van der Waals surface area (Å²) in [6, 6.07) is 19.4. The summed E-state index contributed by atoms with van der Waals surface area (Å²) < 4.78 is 33.4. The summed E-state index contributed by atoms with van der Waals surface area (Å²) in [6.07, 6.45) is 0.0700. The molecule has 0 spiro atoms. The Morgan fingerprint density at radius 2 is 1.44 bits per heavy atom. The Balaban J connectivity index is 1.44. The molecule has 2 atom stereocenters. The second-order valence-corrected chi connectivity index (χ2v) is 11.8. The topological polar surface area (TPSA) is 162 Å². The van der Waals surface area contributed by atoms with Crippen molar-refractivity contribution in [2.75, 3.05) is 18.0 Å². The molecule has 3 amide bonds. The molecule has 4 rings (SSSR count). The van der Waals surface area contributed by atoms with Crippen LogP contribution in [0.15, 0.2) is 78.9 Å². The third-order valence-corrected chi connectivity index (χ3v) is 8.64. The van der Waals surface area contributed by atoms with Gasteiger partial charge in [-0.2, -0.15) is 8.42 Å². The largest absolute Gasteiger partial charge is 0.497 e. The van der Waals surface area contributed by atoms with E-state index in [0.717, 1.165) is 14.2 Å². The predicted octanol–water partition coefficient (Wildman–Crippen LogP) is 1.65. The summed E-state index contributed by atoms with van der Waals surface area (Å²) in [6.45, 7) is 0.759. The number of rotatable bonds is 12. The first-order valence-corrected chi connectivity index (χ1v) is 14.8. The zero-order valence-corrected chi connectivity index (χ0v) is 24.4. The molecule has 1 aliphatic rings. The summed E-state index contributed by atoms with van der Waals surface area (Å²) in [4.78, 5) is 49.4. The average molecular weight is 609 g/mol. The molecule has 1 fully saturated rings. The first-order chi connectivity index (χ1) is 20.5. The van der Waals surface area contributed by atoms with E-state index in [2.05, 4.69) is 10.6 Å². The highest BCUT2D eigenvalue weighted by molar-refractivity contribution is 7.91. The molecule has 3 aromatic rings. The van der Waals surface area contributed by atoms with Gasteiger partial charge in [-0.15, -0.1) is 0 Å². The van der Waals surface area contributed by atoms with E-state index in [1.807, 2.05) is 6.07 Å². The maximum atomic E-state index is 13.2. The number of ether oxygens (including phenoxy) is 1. The van der Waals surface area contributed by atoms with Crippen LogP contribution in [0, 0.1) is 0 Å². The number of benzene rings is 3. The van der Waals surface area contributed by atoms with Gasteiger partial charge in [0, 0.05) is 19.8 Å². The summed E-state index contributed by atoms with van der Waals surface area (Å²) in [5.74, 6) is -2.35. The Morgan fingerprint density at radius 3 is 2.02 bits per heavy atom. The summed E-state index contributed by atoms with van der Waals surface area (Å²) >= 11 is 0. The second-order valence-electron chi connectivity index (χ2n) is 9.98. The molecule has 1 heterocycles. The van der Waals surface area contributed by atoms with Crippen LogP contribution in [0.1, 0.15) is 23.6 Å². The molecule has 13 heteroatoms. The van der Waals surface area contributed by atoms with E-state index in [-0.39, 0.29) is 31.6 Å². The smallest absolute Gasteiger partial charge is 0.329 e. The van der Waals surface area contributed by atoms with Crippen LogP contribution in [0.3, 0.4) is 0 Å². The minimum Gasteiger partial charge on any atom is -0.497 e. The van der Waals surface area contributed by atoms with Gasteiger partial charge in [-0.3, -0.25) is 14.4 Å². The first-order valence-electron chi connectivity index (χ1n) is 13.4. The van der Waals surface area contributed by atoms with Crippen molar-refractivity contribution in [1.82, 2.24) is 14.9 Å². The van der Waals surface area contributed by atoms with Gasteiger partial charge in [0.25, 0.3) is 5.91 Å². The summed E-state index contributed by atoms with van der Waals surface area (Å²) in [5.41, 5.74) is 2.14. The van der Waals surface area contributed by atoms with E-state index in [1.165, 1.54) is 26.2 Å².